The van der Waals surface area contributed by atoms with Crippen molar-refractivity contribution < 1.29 is 26.8 Å². The largest absolute Gasteiger partial charge is 0.487 e. The fraction of sp³-hybridized carbons (Fsp3) is 0.172. The highest BCUT2D eigenvalue weighted by Gasteiger charge is 2.21. The highest BCUT2D eigenvalue weighted by Crippen LogP contribution is 2.33. The second-order valence-electron chi connectivity index (χ2n) is 9.31. The Morgan fingerprint density at radius 3 is 2.66 bits per heavy atom. The second-order valence-corrected chi connectivity index (χ2v) is 11.9. The highest BCUT2D eigenvalue weighted by molar-refractivity contribution is 7.90. The molecule has 0 aliphatic carbocycles. The predicted molar refractivity (Wildman–Crippen MR) is 155 cm³/mol. The third-order valence-corrected chi connectivity index (χ3v) is 7.33. The van der Waals surface area contributed by atoms with Gasteiger partial charge in [0.05, 0.1) is 23.4 Å². The molecule has 3 aromatic carbocycles. The molecule has 1 unspecified atom stereocenters. The Morgan fingerprint density at radius 2 is 1.90 bits per heavy atom. The maximum atomic E-state index is 13.4. The van der Waals surface area contributed by atoms with Gasteiger partial charge in [-0.2, -0.15) is 5.48 Å². The fourth-order valence-corrected chi connectivity index (χ4v) is 5.32. The predicted octanol–water partition coefficient (Wildman–Crippen LogP) is 6.24. The summed E-state index contributed by atoms with van der Waals surface area (Å²) in [4.78, 5) is 13.7. The van der Waals surface area contributed by atoms with E-state index in [0.717, 1.165) is 17.2 Å². The standard InChI is InChI=1S/C29H26ClFN4O5S/c1-38-35-25(16-41(2,36)37)28-11-10-26(40-28)19-6-8-24-22(13-19)29(33-17-32-24)34-21-7-9-27(23(30)14-21)39-15-18-4-3-5-20(31)12-18/h3-14,17,25,35H,15-16H2,1-2H3,(H,32,33,34). The van der Waals surface area contributed by atoms with Crippen molar-refractivity contribution in [2.24, 2.45) is 0 Å². The van der Waals surface area contributed by atoms with Crippen molar-refractivity contribution in [2.45, 2.75) is 12.6 Å². The van der Waals surface area contributed by atoms with Gasteiger partial charge in [-0.05, 0) is 66.2 Å². The maximum absolute atomic E-state index is 13.4. The first kappa shape index (κ1) is 28.5. The fourth-order valence-electron chi connectivity index (χ4n) is 4.24. The van der Waals surface area contributed by atoms with E-state index in [9.17, 15) is 12.8 Å². The van der Waals surface area contributed by atoms with E-state index in [-0.39, 0.29) is 18.2 Å². The molecule has 0 radical (unpaired) electrons. The van der Waals surface area contributed by atoms with Gasteiger partial charge in [0.1, 0.15) is 57.7 Å². The summed E-state index contributed by atoms with van der Waals surface area (Å²) < 4.78 is 48.9. The van der Waals surface area contributed by atoms with E-state index in [1.807, 2.05) is 18.2 Å². The number of sulfone groups is 1. The Hall–Kier alpha value is -4.03. The van der Waals surface area contributed by atoms with Crippen molar-refractivity contribution >= 4 is 43.8 Å². The zero-order chi connectivity index (χ0) is 29.0. The van der Waals surface area contributed by atoms with Gasteiger partial charge in [0.25, 0.3) is 0 Å². The number of aromatic nitrogens is 2. The number of hydrogen-bond acceptors (Lipinski definition) is 9. The van der Waals surface area contributed by atoms with E-state index in [2.05, 4.69) is 20.8 Å². The van der Waals surface area contributed by atoms with Crippen molar-refractivity contribution in [3.63, 3.8) is 0 Å². The summed E-state index contributed by atoms with van der Waals surface area (Å²) >= 11 is 6.47. The number of hydrogen-bond donors (Lipinski definition) is 2. The average molecular weight is 597 g/mol. The van der Waals surface area contributed by atoms with Crippen molar-refractivity contribution in [3.8, 4) is 17.1 Å². The maximum Gasteiger partial charge on any atom is 0.149 e. The summed E-state index contributed by atoms with van der Waals surface area (Å²) in [6, 6.07) is 19.8. The third kappa shape index (κ3) is 7.19. The van der Waals surface area contributed by atoms with Gasteiger partial charge in [0.15, 0.2) is 0 Å². The molecule has 2 heterocycles. The molecule has 1 atom stereocenters. The van der Waals surface area contributed by atoms with E-state index in [1.165, 1.54) is 25.6 Å². The first-order chi connectivity index (χ1) is 19.7. The molecule has 2 N–H and O–H groups in total. The van der Waals surface area contributed by atoms with Crippen LogP contribution in [0.3, 0.4) is 0 Å². The smallest absolute Gasteiger partial charge is 0.149 e. The van der Waals surface area contributed by atoms with Crippen LogP contribution in [0.4, 0.5) is 15.9 Å². The number of benzene rings is 3. The molecular weight excluding hydrogens is 571 g/mol. The van der Waals surface area contributed by atoms with Gasteiger partial charge in [-0.15, -0.1) is 0 Å². The minimum Gasteiger partial charge on any atom is -0.487 e. The Morgan fingerprint density at radius 1 is 1.05 bits per heavy atom. The summed E-state index contributed by atoms with van der Waals surface area (Å²) in [5.41, 5.74) is 5.49. The Bertz CT molecular complexity index is 1800. The van der Waals surface area contributed by atoms with Crippen molar-refractivity contribution in [3.05, 3.63) is 101 Å². The van der Waals surface area contributed by atoms with Crippen molar-refractivity contribution in [1.82, 2.24) is 15.4 Å². The summed E-state index contributed by atoms with van der Waals surface area (Å²) in [5.74, 6) is 1.44. The summed E-state index contributed by atoms with van der Waals surface area (Å²) in [6.45, 7) is 0.175. The molecule has 0 aliphatic rings. The Kier molecular flexibility index (Phi) is 8.50. The number of furan rings is 1. The molecule has 0 aliphatic heterocycles. The number of rotatable bonds is 11. The first-order valence-electron chi connectivity index (χ1n) is 12.4. The minimum atomic E-state index is -3.30. The van der Waals surface area contributed by atoms with Crippen LogP contribution in [0.25, 0.3) is 22.2 Å². The molecular formula is C29H26ClFN4O5S. The summed E-state index contributed by atoms with van der Waals surface area (Å²) in [7, 11) is -1.88. The SMILES string of the molecule is CONC(CS(C)(=O)=O)c1ccc(-c2ccc3ncnc(Nc4ccc(OCc5cccc(F)c5)c(Cl)c4)c3c2)o1. The number of ether oxygens (including phenoxy) is 1. The zero-order valence-corrected chi connectivity index (χ0v) is 23.7. The van der Waals surface area contributed by atoms with E-state index in [4.69, 9.17) is 25.6 Å². The molecule has 212 valence electrons. The van der Waals surface area contributed by atoms with Gasteiger partial charge >= 0.3 is 0 Å². The minimum absolute atomic E-state index is 0.175. The molecule has 0 bridgehead atoms. The van der Waals surface area contributed by atoms with Gasteiger partial charge in [0.2, 0.25) is 0 Å². The number of nitrogens with zero attached hydrogens (tertiary/aromatic N) is 2. The first-order valence-corrected chi connectivity index (χ1v) is 14.9. The number of anilines is 2. The number of nitrogens with one attached hydrogen (secondary N) is 2. The molecule has 0 amide bonds. The lowest BCUT2D eigenvalue weighted by Gasteiger charge is -2.14. The number of fused-ring (bicyclic) bond motifs is 1. The van der Waals surface area contributed by atoms with Crippen LogP contribution in [0, 0.1) is 5.82 Å². The molecule has 12 heteroatoms. The molecule has 41 heavy (non-hydrogen) atoms. The van der Waals surface area contributed by atoms with Crippen molar-refractivity contribution in [1.29, 1.82) is 0 Å². The highest BCUT2D eigenvalue weighted by atomic mass is 35.5. The topological polar surface area (TPSA) is 116 Å². The number of halogens is 2. The second kappa shape index (κ2) is 12.2. The van der Waals surface area contributed by atoms with E-state index >= 15 is 0 Å². The zero-order valence-electron chi connectivity index (χ0n) is 22.1. The average Bonchev–Trinajstić information content (AvgIpc) is 3.42. The normalized spacial score (nSPS) is 12.4. The van der Waals surface area contributed by atoms with Crippen LogP contribution in [0.5, 0.6) is 5.75 Å². The Balaban J connectivity index is 1.37. The van der Waals surface area contributed by atoms with Gasteiger partial charge in [0, 0.05) is 22.9 Å². The quantitative estimate of drug-likeness (QED) is 0.171. The lowest BCUT2D eigenvalue weighted by Crippen LogP contribution is -2.26. The van der Waals surface area contributed by atoms with Crippen LogP contribution in [0.2, 0.25) is 5.02 Å². The van der Waals surface area contributed by atoms with Gasteiger partial charge in [-0.25, -0.2) is 22.8 Å². The van der Waals surface area contributed by atoms with Crippen LogP contribution in [-0.2, 0) is 21.3 Å². The Labute approximate surface area is 241 Å². The van der Waals surface area contributed by atoms with Crippen molar-refractivity contribution in [2.75, 3.05) is 24.4 Å². The lowest BCUT2D eigenvalue weighted by atomic mass is 10.1. The van der Waals surface area contributed by atoms with Gasteiger partial charge in [-0.3, -0.25) is 0 Å². The summed E-state index contributed by atoms with van der Waals surface area (Å²) in [5, 5.41) is 4.38. The monoisotopic (exact) mass is 596 g/mol. The molecule has 5 aromatic rings. The van der Waals surface area contributed by atoms with Crippen LogP contribution in [0.15, 0.2) is 83.5 Å². The van der Waals surface area contributed by atoms with Crippen LogP contribution in [-0.4, -0.2) is 37.5 Å². The molecule has 5 rings (SSSR count). The summed E-state index contributed by atoms with van der Waals surface area (Å²) in [6.07, 6.45) is 2.61. The molecule has 0 spiro atoms. The molecule has 0 saturated carbocycles. The van der Waals surface area contributed by atoms with E-state index in [1.54, 1.807) is 42.5 Å². The van der Waals surface area contributed by atoms with Crippen LogP contribution >= 0.6 is 11.6 Å². The van der Waals surface area contributed by atoms with E-state index < -0.39 is 15.9 Å². The van der Waals surface area contributed by atoms with Gasteiger partial charge < -0.3 is 19.3 Å². The van der Waals surface area contributed by atoms with E-state index in [0.29, 0.717) is 44.9 Å². The van der Waals surface area contributed by atoms with Crippen LogP contribution < -0.4 is 15.5 Å². The van der Waals surface area contributed by atoms with Gasteiger partial charge in [-0.1, -0.05) is 23.7 Å². The number of hydroxylamine groups is 1. The lowest BCUT2D eigenvalue weighted by molar-refractivity contribution is 0.0606. The molecule has 0 fully saturated rings. The molecule has 0 saturated heterocycles. The third-order valence-electron chi connectivity index (χ3n) is 6.10. The molecule has 2 aromatic heterocycles. The molecule has 9 nitrogen and oxygen atoms in total. The van der Waals surface area contributed by atoms with Crippen LogP contribution in [0.1, 0.15) is 17.4 Å².